The number of rotatable bonds is 17. The van der Waals surface area contributed by atoms with Gasteiger partial charge in [-0.15, -0.1) is 0 Å². The third-order valence-corrected chi connectivity index (χ3v) is 7.15. The van der Waals surface area contributed by atoms with Crippen molar-refractivity contribution >= 4 is 17.7 Å². The fourth-order valence-corrected chi connectivity index (χ4v) is 5.35. The second-order valence-electron chi connectivity index (χ2n) is 8.68. The highest BCUT2D eigenvalue weighted by atomic mass is 32.2. The van der Waals surface area contributed by atoms with Crippen molar-refractivity contribution in [3.05, 3.63) is 65.7 Å². The summed E-state index contributed by atoms with van der Waals surface area (Å²) in [6.45, 7) is 5.58. The molecule has 3 N–H and O–H groups in total. The van der Waals surface area contributed by atoms with Gasteiger partial charge in [0.15, 0.2) is 0 Å². The molecule has 2 aromatic carbocycles. The summed E-state index contributed by atoms with van der Waals surface area (Å²) >= 11 is 1.90. The highest BCUT2D eigenvalue weighted by Crippen LogP contribution is 2.22. The largest absolute Gasteiger partial charge is 0.497 e. The summed E-state index contributed by atoms with van der Waals surface area (Å²) < 4.78 is 11.2. The van der Waals surface area contributed by atoms with Crippen LogP contribution >= 0.6 is 11.8 Å². The van der Waals surface area contributed by atoms with E-state index in [2.05, 4.69) is 31.3 Å². The fraction of sp³-hybridized carbons (Fsp3) is 0.536. The molecule has 2 atom stereocenters. The maximum Gasteiger partial charge on any atom is 0.306 e. The SMILES string of the molecule is CCCC(CCC)SCCC(=O)O[C@H](CNCc1cccc(OC)c1)[C@@H](N)Cc1ccccc1. The van der Waals surface area contributed by atoms with Crippen LogP contribution < -0.4 is 15.8 Å². The van der Waals surface area contributed by atoms with Gasteiger partial charge < -0.3 is 20.5 Å². The number of carbonyl (C=O) groups excluding carboxylic acids is 1. The fourth-order valence-electron chi connectivity index (χ4n) is 3.93. The number of ether oxygens (including phenoxy) is 2. The zero-order valence-corrected chi connectivity index (χ0v) is 21.8. The van der Waals surface area contributed by atoms with E-state index in [1.165, 1.54) is 25.7 Å². The Morgan fingerprint density at radius 2 is 1.74 bits per heavy atom. The molecule has 0 aromatic heterocycles. The maximum atomic E-state index is 12.7. The van der Waals surface area contributed by atoms with Gasteiger partial charge in [0.1, 0.15) is 11.9 Å². The number of nitrogens with one attached hydrogen (secondary N) is 1. The average molecular weight is 487 g/mol. The Balaban J connectivity index is 1.91. The van der Waals surface area contributed by atoms with Gasteiger partial charge in [-0.1, -0.05) is 69.2 Å². The molecule has 2 aromatic rings. The number of thioether (sulfide) groups is 1. The zero-order valence-electron chi connectivity index (χ0n) is 21.0. The first-order chi connectivity index (χ1) is 16.5. The molecule has 2 rings (SSSR count). The Morgan fingerprint density at radius 1 is 1.03 bits per heavy atom. The summed E-state index contributed by atoms with van der Waals surface area (Å²) in [5.74, 6) is 1.45. The zero-order chi connectivity index (χ0) is 24.6. The summed E-state index contributed by atoms with van der Waals surface area (Å²) in [5.41, 5.74) is 8.78. The van der Waals surface area contributed by atoms with Crippen LogP contribution in [0.4, 0.5) is 0 Å². The lowest BCUT2D eigenvalue weighted by atomic mass is 10.0. The smallest absolute Gasteiger partial charge is 0.306 e. The van der Waals surface area contributed by atoms with Crippen LogP contribution in [0.1, 0.15) is 57.1 Å². The molecule has 0 aliphatic carbocycles. The molecule has 5 nitrogen and oxygen atoms in total. The van der Waals surface area contributed by atoms with Crippen molar-refractivity contribution in [3.8, 4) is 5.75 Å². The molecule has 0 fully saturated rings. The highest BCUT2D eigenvalue weighted by molar-refractivity contribution is 7.99. The Morgan fingerprint density at radius 3 is 2.41 bits per heavy atom. The number of methoxy groups -OCH3 is 1. The Kier molecular flexibility index (Phi) is 13.8. The lowest BCUT2D eigenvalue weighted by Gasteiger charge is -2.25. The molecule has 0 bridgehead atoms. The van der Waals surface area contributed by atoms with E-state index in [1.54, 1.807) is 7.11 Å². The van der Waals surface area contributed by atoms with Gasteiger partial charge in [-0.25, -0.2) is 0 Å². The Bertz CT molecular complexity index is 812. The predicted molar refractivity (Wildman–Crippen MR) is 143 cm³/mol. The molecule has 0 spiro atoms. The molecule has 0 amide bonds. The Hall–Kier alpha value is -2.02. The van der Waals surface area contributed by atoms with E-state index < -0.39 is 6.10 Å². The van der Waals surface area contributed by atoms with E-state index in [9.17, 15) is 4.79 Å². The summed E-state index contributed by atoms with van der Waals surface area (Å²) in [5, 5.41) is 4.04. The van der Waals surface area contributed by atoms with Gasteiger partial charge in [0.05, 0.1) is 13.5 Å². The maximum absolute atomic E-state index is 12.7. The topological polar surface area (TPSA) is 73.6 Å². The van der Waals surface area contributed by atoms with E-state index in [-0.39, 0.29) is 12.0 Å². The number of benzene rings is 2. The molecule has 0 saturated carbocycles. The summed E-state index contributed by atoms with van der Waals surface area (Å²) in [4.78, 5) is 12.7. The number of esters is 1. The van der Waals surface area contributed by atoms with Crippen LogP contribution in [0, 0.1) is 0 Å². The van der Waals surface area contributed by atoms with E-state index in [4.69, 9.17) is 15.2 Å². The van der Waals surface area contributed by atoms with Gasteiger partial charge >= 0.3 is 5.97 Å². The lowest BCUT2D eigenvalue weighted by Crippen LogP contribution is -2.46. The van der Waals surface area contributed by atoms with Gasteiger partial charge in [-0.3, -0.25) is 4.79 Å². The van der Waals surface area contributed by atoms with Crippen molar-refractivity contribution in [1.82, 2.24) is 5.32 Å². The van der Waals surface area contributed by atoms with E-state index in [1.807, 2.05) is 54.2 Å². The van der Waals surface area contributed by atoms with Crippen LogP contribution in [0.25, 0.3) is 0 Å². The molecule has 0 radical (unpaired) electrons. The van der Waals surface area contributed by atoms with Crippen molar-refractivity contribution in [3.63, 3.8) is 0 Å². The van der Waals surface area contributed by atoms with Gasteiger partial charge in [0, 0.05) is 30.1 Å². The second kappa shape index (κ2) is 16.6. The molecule has 188 valence electrons. The van der Waals surface area contributed by atoms with Gasteiger partial charge in [-0.05, 0) is 42.5 Å². The minimum absolute atomic E-state index is 0.170. The minimum atomic E-state index is -0.398. The molecule has 0 unspecified atom stereocenters. The molecule has 0 aliphatic heterocycles. The van der Waals surface area contributed by atoms with Crippen LogP contribution in [-0.2, 0) is 22.5 Å². The number of carbonyl (C=O) groups is 1. The van der Waals surface area contributed by atoms with Crippen LogP contribution in [0.3, 0.4) is 0 Å². The monoisotopic (exact) mass is 486 g/mol. The molecule has 0 saturated heterocycles. The molecular formula is C28H42N2O3S. The number of hydrogen-bond acceptors (Lipinski definition) is 6. The van der Waals surface area contributed by atoms with E-state index in [0.717, 1.165) is 22.6 Å². The first-order valence-electron chi connectivity index (χ1n) is 12.5. The third-order valence-electron chi connectivity index (χ3n) is 5.76. The Labute approximate surface area is 210 Å². The van der Waals surface area contributed by atoms with Crippen molar-refractivity contribution in [2.24, 2.45) is 5.73 Å². The standard InChI is InChI=1S/C28H42N2O3S/c1-4-10-25(11-5-2)34-17-16-28(31)33-27(26(29)19-22-12-7-6-8-13-22)21-30-20-23-14-9-15-24(18-23)32-3/h6-9,12-15,18,25-27,30H,4-5,10-11,16-17,19-21,29H2,1-3H3/t26-,27+/m0/s1. The van der Waals surface area contributed by atoms with Crippen molar-refractivity contribution in [2.75, 3.05) is 19.4 Å². The van der Waals surface area contributed by atoms with Gasteiger partial charge in [-0.2, -0.15) is 11.8 Å². The van der Waals surface area contributed by atoms with Crippen LogP contribution in [0.2, 0.25) is 0 Å². The quantitative estimate of drug-likeness (QED) is 0.293. The average Bonchev–Trinajstić information content (AvgIpc) is 2.84. The van der Waals surface area contributed by atoms with Crippen molar-refractivity contribution in [1.29, 1.82) is 0 Å². The van der Waals surface area contributed by atoms with Crippen molar-refractivity contribution < 1.29 is 14.3 Å². The summed E-state index contributed by atoms with van der Waals surface area (Å²) in [6, 6.07) is 17.8. The molecule has 0 heterocycles. The third kappa shape index (κ3) is 10.9. The summed E-state index contributed by atoms with van der Waals surface area (Å²) in [6.07, 6.45) is 5.43. The molecule has 0 aliphatic rings. The lowest BCUT2D eigenvalue weighted by molar-refractivity contribution is -0.149. The van der Waals surface area contributed by atoms with Gasteiger partial charge in [0.25, 0.3) is 0 Å². The van der Waals surface area contributed by atoms with Gasteiger partial charge in [0.2, 0.25) is 0 Å². The normalized spacial score (nSPS) is 13.0. The predicted octanol–water partition coefficient (Wildman–Crippen LogP) is 5.36. The van der Waals surface area contributed by atoms with Crippen molar-refractivity contribution in [2.45, 2.75) is 76.3 Å². The first-order valence-corrected chi connectivity index (χ1v) is 13.5. The van der Waals surface area contributed by atoms with Crippen LogP contribution in [-0.4, -0.2) is 42.8 Å². The molecule has 6 heteroatoms. The number of hydrogen-bond donors (Lipinski definition) is 2. The highest BCUT2D eigenvalue weighted by Gasteiger charge is 2.22. The van der Waals surface area contributed by atoms with Crippen LogP contribution in [0.15, 0.2) is 54.6 Å². The molecule has 34 heavy (non-hydrogen) atoms. The van der Waals surface area contributed by atoms with Crippen LogP contribution in [0.5, 0.6) is 5.75 Å². The second-order valence-corrected chi connectivity index (χ2v) is 10.1. The summed E-state index contributed by atoms with van der Waals surface area (Å²) in [7, 11) is 1.66. The minimum Gasteiger partial charge on any atom is -0.497 e. The molecular weight excluding hydrogens is 444 g/mol. The van der Waals surface area contributed by atoms with E-state index >= 15 is 0 Å². The van der Waals surface area contributed by atoms with E-state index in [0.29, 0.717) is 31.2 Å². The first kappa shape index (κ1) is 28.2. The number of nitrogens with two attached hydrogens (primary N) is 1.